The molecule has 0 spiro atoms. The van der Waals surface area contributed by atoms with Gasteiger partial charge >= 0.3 is 0 Å². The fourth-order valence-corrected chi connectivity index (χ4v) is 3.57. The van der Waals surface area contributed by atoms with Crippen molar-refractivity contribution in [2.45, 2.75) is 11.0 Å². The number of aliphatic imine (C=N–C) groups is 1. The summed E-state index contributed by atoms with van der Waals surface area (Å²) in [7, 11) is 1.69. The number of ether oxygens (including phenoxy) is 1. The number of methoxy groups -OCH3 is 1. The van der Waals surface area contributed by atoms with E-state index in [-0.39, 0.29) is 0 Å². The van der Waals surface area contributed by atoms with Gasteiger partial charge in [-0.3, -0.25) is 4.99 Å². The number of anilines is 1. The van der Waals surface area contributed by atoms with E-state index in [1.807, 2.05) is 29.3 Å². The predicted octanol–water partition coefficient (Wildman–Crippen LogP) is 2.82. The summed E-state index contributed by atoms with van der Waals surface area (Å²) in [5, 5.41) is 9.82. The van der Waals surface area contributed by atoms with E-state index < -0.39 is 0 Å². The molecule has 0 saturated carbocycles. The van der Waals surface area contributed by atoms with Gasteiger partial charge in [0.1, 0.15) is 5.75 Å². The first-order valence-corrected chi connectivity index (χ1v) is 8.95. The molecule has 2 heterocycles. The molecule has 1 aliphatic rings. The molecule has 22 heavy (non-hydrogen) atoms. The zero-order valence-corrected chi connectivity index (χ0v) is 13.9. The van der Waals surface area contributed by atoms with E-state index in [1.165, 1.54) is 5.56 Å². The molecule has 1 aliphatic heterocycles. The van der Waals surface area contributed by atoms with Crippen LogP contribution in [0.5, 0.6) is 5.75 Å². The number of hydrogen-bond acceptors (Lipinski definition) is 7. The van der Waals surface area contributed by atoms with Crippen LogP contribution in [0, 0.1) is 0 Å². The number of hydrogen-bond donors (Lipinski definition) is 2. The van der Waals surface area contributed by atoms with Crippen LogP contribution >= 0.6 is 23.1 Å². The Labute approximate surface area is 138 Å². The maximum absolute atomic E-state index is 5.17. The molecular formula is C15H18N4OS2. The lowest BCUT2D eigenvalue weighted by atomic mass is 10.2. The van der Waals surface area contributed by atoms with Crippen LogP contribution in [0.15, 0.2) is 40.8 Å². The van der Waals surface area contributed by atoms with E-state index in [0.29, 0.717) is 5.25 Å². The molecule has 1 aromatic carbocycles. The highest BCUT2D eigenvalue weighted by atomic mass is 32.2. The number of thiazole rings is 1. The smallest absolute Gasteiger partial charge is 0.197 e. The van der Waals surface area contributed by atoms with Gasteiger partial charge in [-0.2, -0.15) is 0 Å². The number of guanidine groups is 1. The monoisotopic (exact) mass is 334 g/mol. The molecular weight excluding hydrogens is 316 g/mol. The molecule has 0 fully saturated rings. The fraction of sp³-hybridized carbons (Fsp3) is 0.333. The van der Waals surface area contributed by atoms with Gasteiger partial charge < -0.3 is 15.4 Å². The zero-order valence-electron chi connectivity index (χ0n) is 12.3. The van der Waals surface area contributed by atoms with Crippen LogP contribution in [0.4, 0.5) is 5.13 Å². The number of nitrogens with one attached hydrogen (secondary N) is 2. The standard InChI is InChI=1S/C15H18N4OS2/c1-20-12-4-2-11(3-5-12)10-22-13-8-17-14(18-9-13)19-15-16-6-7-21-15/h2-7,13H,8-10H2,1H3,(H2,16,17,18,19). The Hall–Kier alpha value is -1.73. The Morgan fingerprint density at radius 2 is 2.27 bits per heavy atom. The number of rotatable bonds is 5. The van der Waals surface area contributed by atoms with Crippen LogP contribution in [0.2, 0.25) is 0 Å². The molecule has 2 N–H and O–H groups in total. The zero-order chi connectivity index (χ0) is 15.2. The first-order valence-electron chi connectivity index (χ1n) is 7.03. The van der Waals surface area contributed by atoms with Crippen molar-refractivity contribution in [1.29, 1.82) is 0 Å². The van der Waals surface area contributed by atoms with Gasteiger partial charge in [0.2, 0.25) is 0 Å². The van der Waals surface area contributed by atoms with Crippen LogP contribution in [0.25, 0.3) is 0 Å². The molecule has 0 amide bonds. The van der Waals surface area contributed by atoms with Gasteiger partial charge in [-0.05, 0) is 17.7 Å². The third kappa shape index (κ3) is 4.14. The summed E-state index contributed by atoms with van der Waals surface area (Å²) in [6.07, 6.45) is 1.78. The topological polar surface area (TPSA) is 58.5 Å². The first-order chi connectivity index (χ1) is 10.8. The van der Waals surface area contributed by atoms with Gasteiger partial charge in [0.05, 0.1) is 13.7 Å². The molecule has 116 valence electrons. The van der Waals surface area contributed by atoms with Crippen molar-refractivity contribution in [1.82, 2.24) is 10.3 Å². The van der Waals surface area contributed by atoms with Crippen molar-refractivity contribution in [3.63, 3.8) is 0 Å². The maximum atomic E-state index is 5.17. The summed E-state index contributed by atoms with van der Waals surface area (Å²) >= 11 is 3.49. The van der Waals surface area contributed by atoms with E-state index in [0.717, 1.165) is 35.7 Å². The molecule has 1 atom stereocenters. The Morgan fingerprint density at radius 3 is 2.91 bits per heavy atom. The fourth-order valence-electron chi connectivity index (χ4n) is 2.04. The van der Waals surface area contributed by atoms with Crippen molar-refractivity contribution >= 4 is 34.2 Å². The molecule has 0 bridgehead atoms. The molecule has 0 aliphatic carbocycles. The van der Waals surface area contributed by atoms with Gasteiger partial charge in [0.15, 0.2) is 11.1 Å². The summed E-state index contributed by atoms with van der Waals surface area (Å²) < 4.78 is 5.17. The summed E-state index contributed by atoms with van der Waals surface area (Å²) in [5.74, 6) is 2.70. The van der Waals surface area contributed by atoms with Gasteiger partial charge in [-0.25, -0.2) is 4.98 Å². The average molecular weight is 334 g/mol. The quantitative estimate of drug-likeness (QED) is 0.880. The van der Waals surface area contributed by atoms with E-state index in [4.69, 9.17) is 4.74 Å². The maximum Gasteiger partial charge on any atom is 0.197 e. The van der Waals surface area contributed by atoms with Crippen LogP contribution in [-0.2, 0) is 5.75 Å². The van der Waals surface area contributed by atoms with Crippen LogP contribution in [-0.4, -0.2) is 36.4 Å². The molecule has 5 nitrogen and oxygen atoms in total. The number of thioether (sulfide) groups is 1. The molecule has 2 aromatic rings. The average Bonchev–Trinajstić information content (AvgIpc) is 3.08. The lowest BCUT2D eigenvalue weighted by molar-refractivity contribution is 0.414. The summed E-state index contributed by atoms with van der Waals surface area (Å²) in [5.41, 5.74) is 1.31. The van der Waals surface area contributed by atoms with Crippen molar-refractivity contribution in [2.24, 2.45) is 4.99 Å². The Balaban J connectivity index is 1.45. The summed E-state index contributed by atoms with van der Waals surface area (Å²) in [6.45, 7) is 1.74. The lowest BCUT2D eigenvalue weighted by Gasteiger charge is -2.22. The minimum Gasteiger partial charge on any atom is -0.497 e. The lowest BCUT2D eigenvalue weighted by Crippen LogP contribution is -2.41. The molecule has 3 rings (SSSR count). The Kier molecular flexibility index (Phi) is 5.18. The highest BCUT2D eigenvalue weighted by Gasteiger charge is 2.16. The minimum atomic E-state index is 0.490. The second kappa shape index (κ2) is 7.51. The number of benzene rings is 1. The van der Waals surface area contributed by atoms with Crippen molar-refractivity contribution < 1.29 is 4.74 Å². The second-order valence-corrected chi connectivity index (χ2v) is 7.00. The van der Waals surface area contributed by atoms with Gasteiger partial charge in [-0.1, -0.05) is 12.1 Å². The summed E-state index contributed by atoms with van der Waals surface area (Å²) in [6, 6.07) is 8.23. The van der Waals surface area contributed by atoms with Gasteiger partial charge in [0.25, 0.3) is 0 Å². The van der Waals surface area contributed by atoms with Crippen LogP contribution in [0.3, 0.4) is 0 Å². The van der Waals surface area contributed by atoms with Crippen molar-refractivity contribution in [2.75, 3.05) is 25.5 Å². The predicted molar refractivity (Wildman–Crippen MR) is 94.1 cm³/mol. The van der Waals surface area contributed by atoms with E-state index >= 15 is 0 Å². The van der Waals surface area contributed by atoms with E-state index in [9.17, 15) is 0 Å². The first kappa shape index (κ1) is 15.2. The Morgan fingerprint density at radius 1 is 1.41 bits per heavy atom. The van der Waals surface area contributed by atoms with E-state index in [1.54, 1.807) is 24.6 Å². The number of aromatic nitrogens is 1. The number of nitrogens with zero attached hydrogens (tertiary/aromatic N) is 2. The van der Waals surface area contributed by atoms with Crippen molar-refractivity contribution in [3.05, 3.63) is 41.4 Å². The molecule has 0 saturated heterocycles. The van der Waals surface area contributed by atoms with Gasteiger partial charge in [-0.15, -0.1) is 23.1 Å². The van der Waals surface area contributed by atoms with Crippen molar-refractivity contribution in [3.8, 4) is 5.75 Å². The molecule has 0 radical (unpaired) electrons. The highest BCUT2D eigenvalue weighted by Crippen LogP contribution is 2.21. The normalized spacial score (nSPS) is 17.5. The molecule has 7 heteroatoms. The molecule has 1 aromatic heterocycles. The van der Waals surface area contributed by atoms with E-state index in [2.05, 4.69) is 32.7 Å². The third-order valence-corrected chi connectivity index (χ3v) is 5.23. The van der Waals surface area contributed by atoms with Crippen LogP contribution < -0.4 is 15.4 Å². The third-order valence-electron chi connectivity index (χ3n) is 3.25. The SMILES string of the molecule is COc1ccc(CSC2CN=C(Nc3nccs3)NC2)cc1. The Bertz CT molecular complexity index is 613. The highest BCUT2D eigenvalue weighted by molar-refractivity contribution is 7.99. The second-order valence-electron chi connectivity index (χ2n) is 4.81. The van der Waals surface area contributed by atoms with Gasteiger partial charge in [0, 0.05) is 29.1 Å². The molecule has 1 unspecified atom stereocenters. The largest absolute Gasteiger partial charge is 0.497 e. The van der Waals surface area contributed by atoms with Crippen LogP contribution in [0.1, 0.15) is 5.56 Å². The summed E-state index contributed by atoms with van der Waals surface area (Å²) in [4.78, 5) is 8.74. The minimum absolute atomic E-state index is 0.490.